The predicted octanol–water partition coefficient (Wildman–Crippen LogP) is 2.28. The second-order valence-corrected chi connectivity index (χ2v) is 7.34. The van der Waals surface area contributed by atoms with Crippen LogP contribution in [0.4, 0.5) is 4.79 Å². The molecule has 23 heavy (non-hydrogen) atoms. The SMILES string of the molecule is CC(C)Cn1ccnc1CNC(=O)NCC1(C)CCCCC1O. The Kier molecular flexibility index (Phi) is 6.04. The van der Waals surface area contributed by atoms with Crippen molar-refractivity contribution < 1.29 is 9.90 Å². The van der Waals surface area contributed by atoms with Gasteiger partial charge in [-0.2, -0.15) is 0 Å². The second kappa shape index (κ2) is 7.81. The molecule has 6 heteroatoms. The molecule has 1 aliphatic carbocycles. The number of rotatable bonds is 6. The molecule has 2 rings (SSSR count). The summed E-state index contributed by atoms with van der Waals surface area (Å²) in [7, 11) is 0. The molecule has 6 nitrogen and oxygen atoms in total. The second-order valence-electron chi connectivity index (χ2n) is 7.34. The van der Waals surface area contributed by atoms with E-state index >= 15 is 0 Å². The molecule has 0 radical (unpaired) electrons. The van der Waals surface area contributed by atoms with E-state index in [1.807, 2.05) is 13.1 Å². The summed E-state index contributed by atoms with van der Waals surface area (Å²) in [5.41, 5.74) is -0.217. The molecular formula is C17H30N4O2. The van der Waals surface area contributed by atoms with Crippen LogP contribution in [0.2, 0.25) is 0 Å². The zero-order valence-corrected chi connectivity index (χ0v) is 14.5. The minimum atomic E-state index is -0.332. The molecule has 1 saturated carbocycles. The first-order chi connectivity index (χ1) is 10.9. The van der Waals surface area contributed by atoms with Crippen LogP contribution in [0.1, 0.15) is 52.3 Å². The number of aliphatic hydroxyl groups excluding tert-OH is 1. The van der Waals surface area contributed by atoms with E-state index in [1.165, 1.54) is 0 Å². The van der Waals surface area contributed by atoms with Gasteiger partial charge in [0.05, 0.1) is 12.6 Å². The van der Waals surface area contributed by atoms with Gasteiger partial charge in [0.15, 0.2) is 0 Å². The van der Waals surface area contributed by atoms with E-state index in [4.69, 9.17) is 0 Å². The Morgan fingerprint density at radius 1 is 1.48 bits per heavy atom. The lowest BCUT2D eigenvalue weighted by molar-refractivity contribution is 0.00308. The number of carbonyl (C=O) groups is 1. The third-order valence-corrected chi connectivity index (χ3v) is 4.70. The number of aliphatic hydroxyl groups is 1. The van der Waals surface area contributed by atoms with Crippen molar-refractivity contribution in [2.45, 2.75) is 65.6 Å². The van der Waals surface area contributed by atoms with Crippen molar-refractivity contribution in [3.63, 3.8) is 0 Å². The van der Waals surface area contributed by atoms with Gasteiger partial charge in [0.1, 0.15) is 5.82 Å². The highest BCUT2D eigenvalue weighted by Crippen LogP contribution is 2.35. The average molecular weight is 322 g/mol. The van der Waals surface area contributed by atoms with E-state index in [9.17, 15) is 9.90 Å². The third-order valence-electron chi connectivity index (χ3n) is 4.70. The summed E-state index contributed by atoms with van der Waals surface area (Å²) in [4.78, 5) is 16.3. The van der Waals surface area contributed by atoms with E-state index < -0.39 is 0 Å². The van der Waals surface area contributed by atoms with Crippen LogP contribution in [0.25, 0.3) is 0 Å². The van der Waals surface area contributed by atoms with Gasteiger partial charge in [-0.05, 0) is 18.8 Å². The molecule has 1 heterocycles. The Morgan fingerprint density at radius 2 is 2.26 bits per heavy atom. The number of hydrogen-bond acceptors (Lipinski definition) is 3. The van der Waals surface area contributed by atoms with Gasteiger partial charge in [0, 0.05) is 30.9 Å². The molecule has 0 spiro atoms. The van der Waals surface area contributed by atoms with Crippen molar-refractivity contribution in [2.75, 3.05) is 6.54 Å². The lowest BCUT2D eigenvalue weighted by Crippen LogP contribution is -2.47. The Balaban J connectivity index is 1.78. The van der Waals surface area contributed by atoms with Crippen molar-refractivity contribution in [1.29, 1.82) is 0 Å². The maximum Gasteiger partial charge on any atom is 0.315 e. The van der Waals surface area contributed by atoms with Crippen molar-refractivity contribution in [1.82, 2.24) is 20.2 Å². The van der Waals surface area contributed by atoms with E-state index in [0.29, 0.717) is 19.0 Å². The largest absolute Gasteiger partial charge is 0.392 e. The Morgan fingerprint density at radius 3 is 2.96 bits per heavy atom. The summed E-state index contributed by atoms with van der Waals surface area (Å²) in [5.74, 6) is 1.39. The zero-order chi connectivity index (χ0) is 16.9. The molecular weight excluding hydrogens is 292 g/mol. The number of aromatic nitrogens is 2. The van der Waals surface area contributed by atoms with Gasteiger partial charge in [0.2, 0.25) is 0 Å². The van der Waals surface area contributed by atoms with Crippen LogP contribution < -0.4 is 10.6 Å². The third kappa shape index (κ3) is 4.96. The fourth-order valence-corrected chi connectivity index (χ4v) is 3.16. The molecule has 0 bridgehead atoms. The number of nitrogens with zero attached hydrogens (tertiary/aromatic N) is 2. The number of urea groups is 1. The zero-order valence-electron chi connectivity index (χ0n) is 14.5. The fraction of sp³-hybridized carbons (Fsp3) is 0.765. The Labute approximate surface area is 138 Å². The summed E-state index contributed by atoms with van der Waals surface area (Å²) < 4.78 is 2.07. The first-order valence-corrected chi connectivity index (χ1v) is 8.60. The molecule has 1 aromatic rings. The first kappa shape index (κ1) is 17.8. The highest BCUT2D eigenvalue weighted by atomic mass is 16.3. The smallest absolute Gasteiger partial charge is 0.315 e. The van der Waals surface area contributed by atoms with Gasteiger partial charge in [-0.15, -0.1) is 0 Å². The summed E-state index contributed by atoms with van der Waals surface area (Å²) in [6.07, 6.45) is 7.33. The highest BCUT2D eigenvalue weighted by molar-refractivity contribution is 5.73. The van der Waals surface area contributed by atoms with Crippen molar-refractivity contribution in [2.24, 2.45) is 11.3 Å². The normalized spacial score (nSPS) is 24.7. The van der Waals surface area contributed by atoms with E-state index in [-0.39, 0.29) is 17.6 Å². The molecule has 0 aliphatic heterocycles. The minimum Gasteiger partial charge on any atom is -0.392 e. The van der Waals surface area contributed by atoms with Crippen LogP contribution in [-0.2, 0) is 13.1 Å². The molecule has 3 N–H and O–H groups in total. The lowest BCUT2D eigenvalue weighted by Gasteiger charge is -2.38. The molecule has 2 atom stereocenters. The minimum absolute atomic E-state index is 0.205. The average Bonchev–Trinajstić information content (AvgIpc) is 2.93. The van der Waals surface area contributed by atoms with Gasteiger partial charge in [-0.25, -0.2) is 9.78 Å². The van der Waals surface area contributed by atoms with Crippen molar-refractivity contribution in [3.8, 4) is 0 Å². The van der Waals surface area contributed by atoms with E-state index in [1.54, 1.807) is 6.20 Å². The summed E-state index contributed by atoms with van der Waals surface area (Å²) in [6.45, 7) is 8.15. The quantitative estimate of drug-likeness (QED) is 0.752. The standard InChI is InChI=1S/C17H30N4O2/c1-13(2)11-21-9-8-18-15(21)10-19-16(23)20-12-17(3)7-5-4-6-14(17)22/h8-9,13-14,22H,4-7,10-12H2,1-3H3,(H2,19,20,23). The topological polar surface area (TPSA) is 79.2 Å². The van der Waals surface area contributed by atoms with Gasteiger partial charge in [0.25, 0.3) is 0 Å². The number of imidazole rings is 1. The molecule has 1 fully saturated rings. The maximum absolute atomic E-state index is 12.0. The van der Waals surface area contributed by atoms with Gasteiger partial charge >= 0.3 is 6.03 Å². The van der Waals surface area contributed by atoms with Gasteiger partial charge in [-0.3, -0.25) is 0 Å². The molecule has 0 saturated heterocycles. The Bertz CT molecular complexity index is 514. The van der Waals surface area contributed by atoms with Gasteiger partial charge in [-0.1, -0.05) is 33.6 Å². The van der Waals surface area contributed by atoms with Crippen LogP contribution in [-0.4, -0.2) is 33.3 Å². The molecule has 2 amide bonds. The fourth-order valence-electron chi connectivity index (χ4n) is 3.16. The van der Waals surface area contributed by atoms with Crippen molar-refractivity contribution >= 4 is 6.03 Å². The summed E-state index contributed by atoms with van der Waals surface area (Å²) >= 11 is 0. The molecule has 2 unspecified atom stereocenters. The van der Waals surface area contributed by atoms with Crippen LogP contribution in [0.3, 0.4) is 0 Å². The highest BCUT2D eigenvalue weighted by Gasteiger charge is 2.35. The monoisotopic (exact) mass is 322 g/mol. The number of hydrogen-bond donors (Lipinski definition) is 3. The number of carbonyl (C=O) groups excluding carboxylic acids is 1. The van der Waals surface area contributed by atoms with Gasteiger partial charge < -0.3 is 20.3 Å². The summed E-state index contributed by atoms with van der Waals surface area (Å²) in [6, 6.07) is -0.205. The van der Waals surface area contributed by atoms with E-state index in [2.05, 4.69) is 34.0 Å². The molecule has 1 aromatic heterocycles. The molecule has 1 aliphatic rings. The lowest BCUT2D eigenvalue weighted by atomic mass is 9.73. The molecule has 0 aromatic carbocycles. The molecule has 130 valence electrons. The van der Waals surface area contributed by atoms with E-state index in [0.717, 1.165) is 38.1 Å². The first-order valence-electron chi connectivity index (χ1n) is 8.60. The van der Waals surface area contributed by atoms with Crippen molar-refractivity contribution in [3.05, 3.63) is 18.2 Å². The summed E-state index contributed by atoms with van der Waals surface area (Å²) in [5, 5.41) is 15.9. The predicted molar refractivity (Wildman–Crippen MR) is 89.9 cm³/mol. The maximum atomic E-state index is 12.0. The van der Waals surface area contributed by atoms with Crippen LogP contribution in [0, 0.1) is 11.3 Å². The van der Waals surface area contributed by atoms with Crippen LogP contribution in [0.15, 0.2) is 12.4 Å². The van der Waals surface area contributed by atoms with Crippen LogP contribution in [0.5, 0.6) is 0 Å². The number of amides is 2. The Hall–Kier alpha value is -1.56. The van der Waals surface area contributed by atoms with Crippen LogP contribution >= 0.6 is 0 Å². The number of nitrogens with one attached hydrogen (secondary N) is 2.